The Bertz CT molecular complexity index is 695. The second-order valence-electron chi connectivity index (χ2n) is 4.08. The van der Waals surface area contributed by atoms with Gasteiger partial charge in [-0.1, -0.05) is 28.1 Å². The molecule has 20 heavy (non-hydrogen) atoms. The van der Waals surface area contributed by atoms with Crippen molar-refractivity contribution >= 4 is 27.3 Å². The predicted molar refractivity (Wildman–Crippen MR) is 79.3 cm³/mol. The maximum Gasteiger partial charge on any atom is 0.292 e. The van der Waals surface area contributed by atoms with Crippen molar-refractivity contribution in [1.82, 2.24) is 0 Å². The molecule has 1 N–H and O–H groups in total. The Balaban J connectivity index is 2.20. The van der Waals surface area contributed by atoms with Gasteiger partial charge in [-0.25, -0.2) is 0 Å². The van der Waals surface area contributed by atoms with E-state index < -0.39 is 4.92 Å². The minimum absolute atomic E-state index is 0.0182. The van der Waals surface area contributed by atoms with Gasteiger partial charge in [-0.3, -0.25) is 10.1 Å². The van der Waals surface area contributed by atoms with Gasteiger partial charge in [-0.05, 0) is 29.8 Å². The fourth-order valence-corrected chi connectivity index (χ4v) is 2.12. The highest BCUT2D eigenvalue weighted by Gasteiger charge is 2.13. The average Bonchev–Trinajstić information content (AvgIpc) is 2.45. The van der Waals surface area contributed by atoms with Crippen LogP contribution >= 0.6 is 15.9 Å². The molecule has 100 valence electrons. The number of benzene rings is 2. The van der Waals surface area contributed by atoms with Crippen molar-refractivity contribution in [2.24, 2.45) is 0 Å². The number of nitro groups is 1. The minimum Gasteiger partial charge on any atom is -0.375 e. The number of rotatable bonds is 4. The van der Waals surface area contributed by atoms with E-state index in [0.29, 0.717) is 17.8 Å². The quantitative estimate of drug-likeness (QED) is 0.681. The van der Waals surface area contributed by atoms with Crippen molar-refractivity contribution in [3.8, 4) is 6.07 Å². The van der Waals surface area contributed by atoms with E-state index in [9.17, 15) is 10.1 Å². The molecule has 0 bridgehead atoms. The Hall–Kier alpha value is -2.39. The van der Waals surface area contributed by atoms with E-state index in [1.165, 1.54) is 6.07 Å². The Morgan fingerprint density at radius 1 is 1.30 bits per heavy atom. The van der Waals surface area contributed by atoms with Crippen LogP contribution in [-0.2, 0) is 6.54 Å². The molecule has 0 saturated heterocycles. The summed E-state index contributed by atoms with van der Waals surface area (Å²) >= 11 is 3.29. The summed E-state index contributed by atoms with van der Waals surface area (Å²) in [6.45, 7) is 0.410. The first-order valence-electron chi connectivity index (χ1n) is 5.77. The van der Waals surface area contributed by atoms with Crippen molar-refractivity contribution in [2.45, 2.75) is 6.54 Å². The molecule has 0 spiro atoms. The van der Waals surface area contributed by atoms with Gasteiger partial charge in [0.15, 0.2) is 0 Å². The molecule has 0 amide bonds. The van der Waals surface area contributed by atoms with E-state index in [2.05, 4.69) is 27.3 Å². The number of nitrogens with zero attached hydrogens (tertiary/aromatic N) is 2. The molecule has 5 nitrogen and oxygen atoms in total. The molecular formula is C14H10BrN3O2. The third kappa shape index (κ3) is 3.33. The van der Waals surface area contributed by atoms with Gasteiger partial charge in [0.2, 0.25) is 0 Å². The zero-order valence-electron chi connectivity index (χ0n) is 10.3. The van der Waals surface area contributed by atoms with Crippen molar-refractivity contribution in [2.75, 3.05) is 5.32 Å². The Labute approximate surface area is 124 Å². The van der Waals surface area contributed by atoms with Crippen molar-refractivity contribution in [1.29, 1.82) is 5.26 Å². The average molecular weight is 332 g/mol. The first-order chi connectivity index (χ1) is 9.60. The lowest BCUT2D eigenvalue weighted by Crippen LogP contribution is -2.02. The van der Waals surface area contributed by atoms with E-state index in [0.717, 1.165) is 10.0 Å². The molecule has 0 atom stereocenters. The number of hydrogen-bond donors (Lipinski definition) is 1. The highest BCUT2D eigenvalue weighted by atomic mass is 79.9. The predicted octanol–water partition coefficient (Wildman–Crippen LogP) is 3.84. The standard InChI is InChI=1S/C14H10BrN3O2/c15-12-4-5-14(18(19)20)13(7-12)17-9-11-3-1-2-10(6-11)8-16/h1-7,17H,9H2. The largest absolute Gasteiger partial charge is 0.375 e. The zero-order valence-corrected chi connectivity index (χ0v) is 11.9. The topological polar surface area (TPSA) is 79.0 Å². The van der Waals surface area contributed by atoms with Crippen LogP contribution in [0.1, 0.15) is 11.1 Å². The molecule has 0 fully saturated rings. The molecule has 0 heterocycles. The first kappa shape index (κ1) is 14.0. The summed E-state index contributed by atoms with van der Waals surface area (Å²) in [6.07, 6.45) is 0. The van der Waals surface area contributed by atoms with E-state index in [-0.39, 0.29) is 5.69 Å². The number of anilines is 1. The van der Waals surface area contributed by atoms with Gasteiger partial charge in [0.05, 0.1) is 16.6 Å². The zero-order chi connectivity index (χ0) is 14.5. The van der Waals surface area contributed by atoms with E-state index in [1.54, 1.807) is 30.3 Å². The lowest BCUT2D eigenvalue weighted by molar-refractivity contribution is -0.384. The number of nitriles is 1. The van der Waals surface area contributed by atoms with Crippen LogP contribution in [0.25, 0.3) is 0 Å². The number of nitrogens with one attached hydrogen (secondary N) is 1. The second-order valence-corrected chi connectivity index (χ2v) is 5.00. The molecule has 0 unspecified atom stereocenters. The molecule has 0 radical (unpaired) electrons. The van der Waals surface area contributed by atoms with E-state index in [4.69, 9.17) is 5.26 Å². The highest BCUT2D eigenvalue weighted by Crippen LogP contribution is 2.28. The third-order valence-corrected chi connectivity index (χ3v) is 3.19. The molecular weight excluding hydrogens is 322 g/mol. The number of nitro benzene ring substituents is 1. The molecule has 2 rings (SSSR count). The SMILES string of the molecule is N#Cc1cccc(CNc2cc(Br)ccc2[N+](=O)[O-])c1. The molecule has 0 aliphatic carbocycles. The lowest BCUT2D eigenvalue weighted by atomic mass is 10.1. The summed E-state index contributed by atoms with van der Waals surface area (Å²) in [7, 11) is 0. The van der Waals surface area contributed by atoms with Crippen LogP contribution in [-0.4, -0.2) is 4.92 Å². The van der Waals surface area contributed by atoms with Gasteiger partial charge in [0.25, 0.3) is 5.69 Å². The van der Waals surface area contributed by atoms with E-state index >= 15 is 0 Å². The van der Waals surface area contributed by atoms with Crippen LogP contribution in [0.4, 0.5) is 11.4 Å². The van der Waals surface area contributed by atoms with Crippen LogP contribution in [0.5, 0.6) is 0 Å². The fraction of sp³-hybridized carbons (Fsp3) is 0.0714. The highest BCUT2D eigenvalue weighted by molar-refractivity contribution is 9.10. The van der Waals surface area contributed by atoms with Crippen molar-refractivity contribution in [3.63, 3.8) is 0 Å². The van der Waals surface area contributed by atoms with Crippen molar-refractivity contribution < 1.29 is 4.92 Å². The van der Waals surface area contributed by atoms with Gasteiger partial charge in [-0.2, -0.15) is 5.26 Å². The summed E-state index contributed by atoms with van der Waals surface area (Å²) in [5.74, 6) is 0. The van der Waals surface area contributed by atoms with Crippen LogP contribution < -0.4 is 5.32 Å². The smallest absolute Gasteiger partial charge is 0.292 e. The van der Waals surface area contributed by atoms with Gasteiger partial charge in [0.1, 0.15) is 5.69 Å². The van der Waals surface area contributed by atoms with Gasteiger partial charge in [-0.15, -0.1) is 0 Å². The van der Waals surface area contributed by atoms with Crippen LogP contribution in [0.15, 0.2) is 46.9 Å². The number of halogens is 1. The molecule has 0 aliphatic heterocycles. The minimum atomic E-state index is -0.430. The summed E-state index contributed by atoms with van der Waals surface area (Å²) in [5.41, 5.74) is 1.91. The summed E-state index contributed by atoms with van der Waals surface area (Å²) in [5, 5.41) is 22.8. The van der Waals surface area contributed by atoms with Gasteiger partial charge in [0, 0.05) is 17.1 Å². The van der Waals surface area contributed by atoms with Crippen LogP contribution in [0, 0.1) is 21.4 Å². The third-order valence-electron chi connectivity index (χ3n) is 2.69. The summed E-state index contributed by atoms with van der Waals surface area (Å²) in [6, 6.07) is 13.9. The maximum absolute atomic E-state index is 11.0. The molecule has 2 aromatic carbocycles. The lowest BCUT2D eigenvalue weighted by Gasteiger charge is -2.08. The van der Waals surface area contributed by atoms with Crippen LogP contribution in [0.3, 0.4) is 0 Å². The molecule has 6 heteroatoms. The summed E-state index contributed by atoms with van der Waals surface area (Å²) in [4.78, 5) is 10.5. The van der Waals surface area contributed by atoms with Gasteiger partial charge >= 0.3 is 0 Å². The molecule has 0 saturated carbocycles. The first-order valence-corrected chi connectivity index (χ1v) is 6.56. The van der Waals surface area contributed by atoms with E-state index in [1.807, 2.05) is 6.07 Å². The second kappa shape index (κ2) is 6.17. The number of hydrogen-bond acceptors (Lipinski definition) is 4. The summed E-state index contributed by atoms with van der Waals surface area (Å²) < 4.78 is 0.761. The normalized spacial score (nSPS) is 9.80. The fourth-order valence-electron chi connectivity index (χ4n) is 1.76. The molecule has 2 aromatic rings. The Morgan fingerprint density at radius 2 is 2.10 bits per heavy atom. The maximum atomic E-state index is 11.0. The molecule has 0 aliphatic rings. The Morgan fingerprint density at radius 3 is 2.80 bits per heavy atom. The van der Waals surface area contributed by atoms with Gasteiger partial charge < -0.3 is 5.32 Å². The van der Waals surface area contributed by atoms with Crippen LogP contribution in [0.2, 0.25) is 0 Å². The van der Waals surface area contributed by atoms with Crippen molar-refractivity contribution in [3.05, 3.63) is 68.2 Å². The monoisotopic (exact) mass is 331 g/mol. The Kier molecular flexibility index (Phi) is 4.33. The molecule has 0 aromatic heterocycles.